The van der Waals surface area contributed by atoms with Gasteiger partial charge in [0, 0.05) is 25.1 Å². The fraction of sp³-hybridized carbons (Fsp3) is 0.486. The van der Waals surface area contributed by atoms with Crippen LogP contribution in [-0.4, -0.2) is 36.3 Å². The van der Waals surface area contributed by atoms with Gasteiger partial charge in [0.05, 0.1) is 12.2 Å². The summed E-state index contributed by atoms with van der Waals surface area (Å²) in [7, 11) is 0. The highest BCUT2D eigenvalue weighted by atomic mass is 16.5. The summed E-state index contributed by atoms with van der Waals surface area (Å²) < 4.78 is 6.18. The molecule has 3 rings (SSSR count). The summed E-state index contributed by atoms with van der Waals surface area (Å²) in [5.74, 6) is 1.07. The number of allylic oxidation sites excluding steroid dienone is 3. The lowest BCUT2D eigenvalue weighted by Crippen LogP contribution is -2.32. The maximum Gasteiger partial charge on any atom is 0.257 e. The molecule has 0 spiro atoms. The van der Waals surface area contributed by atoms with Crippen molar-refractivity contribution < 1.29 is 14.3 Å². The molecule has 0 N–H and O–H groups in total. The number of carbonyl (C=O) groups excluding carboxylic acids is 2. The molecular weight excluding hydrogens is 482 g/mol. The molecule has 0 radical (unpaired) electrons. The number of carbonyl (C=O) groups is 2. The summed E-state index contributed by atoms with van der Waals surface area (Å²) in [5, 5.41) is 0. The lowest BCUT2D eigenvalue weighted by Gasteiger charge is -2.23. The number of ether oxygens (including phenoxy) is 1. The molecule has 210 valence electrons. The number of aryl methyl sites for hydroxylation is 2. The monoisotopic (exact) mass is 529 g/mol. The normalized spacial score (nSPS) is 15.8. The van der Waals surface area contributed by atoms with Crippen LogP contribution in [0, 0.1) is 5.92 Å². The molecule has 2 aromatic rings. The van der Waals surface area contributed by atoms with E-state index in [9.17, 15) is 9.59 Å². The van der Waals surface area contributed by atoms with E-state index in [0.29, 0.717) is 42.4 Å². The maximum absolute atomic E-state index is 13.7. The third kappa shape index (κ3) is 9.53. The predicted octanol–water partition coefficient (Wildman–Crippen LogP) is 8.40. The second-order valence-electron chi connectivity index (χ2n) is 10.8. The van der Waals surface area contributed by atoms with Crippen molar-refractivity contribution in [1.82, 2.24) is 4.90 Å². The van der Waals surface area contributed by atoms with E-state index in [-0.39, 0.29) is 11.7 Å². The molecule has 0 saturated carbocycles. The van der Waals surface area contributed by atoms with Crippen LogP contribution in [0.25, 0.3) is 0 Å². The molecule has 4 heteroatoms. The number of amides is 1. The minimum Gasteiger partial charge on any atom is -0.493 e. The van der Waals surface area contributed by atoms with Crippen molar-refractivity contribution in [3.05, 3.63) is 89.0 Å². The molecular formula is C35H47NO3. The van der Waals surface area contributed by atoms with Crippen LogP contribution in [0.1, 0.15) is 104 Å². The first kappa shape index (κ1) is 30.4. The molecule has 0 aromatic heterocycles. The summed E-state index contributed by atoms with van der Waals surface area (Å²) in [4.78, 5) is 28.2. The SMILES string of the molecule is C=C(C)C1CCCN(C(=O)c2cc(C(=O)CCC)ccc2OCCCc2ccc(CC/C=C/CC)cc2)CC1. The van der Waals surface area contributed by atoms with Gasteiger partial charge in [0.25, 0.3) is 5.91 Å². The van der Waals surface area contributed by atoms with E-state index < -0.39 is 0 Å². The second kappa shape index (κ2) is 16.1. The third-order valence-electron chi connectivity index (χ3n) is 7.61. The van der Waals surface area contributed by atoms with Gasteiger partial charge in [-0.2, -0.15) is 0 Å². The lowest BCUT2D eigenvalue weighted by molar-refractivity contribution is 0.0756. The van der Waals surface area contributed by atoms with Crippen LogP contribution >= 0.6 is 0 Å². The standard InChI is InChI=1S/C35H47NO3/c1-5-7-8-9-13-28-16-18-29(19-17-28)14-11-25-39-34-21-20-31(33(37)12-6-2)26-32(34)35(38)36-23-10-15-30(22-24-36)27(3)4/h7-8,16-21,26,30H,3,5-6,9-15,22-25H2,1-2,4H3/b8-7+. The number of hydrogen-bond donors (Lipinski definition) is 0. The van der Waals surface area contributed by atoms with E-state index in [0.717, 1.165) is 64.3 Å². The van der Waals surface area contributed by atoms with Crippen molar-refractivity contribution in [3.63, 3.8) is 0 Å². The Morgan fingerprint density at radius 3 is 2.44 bits per heavy atom. The van der Waals surface area contributed by atoms with E-state index in [4.69, 9.17) is 4.74 Å². The van der Waals surface area contributed by atoms with Crippen LogP contribution in [-0.2, 0) is 12.8 Å². The Morgan fingerprint density at radius 1 is 1.00 bits per heavy atom. The van der Waals surface area contributed by atoms with Gasteiger partial charge in [-0.25, -0.2) is 0 Å². The molecule has 1 aliphatic heterocycles. The van der Waals surface area contributed by atoms with Crippen molar-refractivity contribution in [3.8, 4) is 5.75 Å². The molecule has 1 aliphatic rings. The molecule has 2 aromatic carbocycles. The van der Waals surface area contributed by atoms with Gasteiger partial charge in [-0.3, -0.25) is 9.59 Å². The zero-order valence-corrected chi connectivity index (χ0v) is 24.3. The number of likely N-dealkylation sites (tertiary alicyclic amines) is 1. The molecule has 1 unspecified atom stereocenters. The third-order valence-corrected chi connectivity index (χ3v) is 7.61. The van der Waals surface area contributed by atoms with Gasteiger partial charge in [-0.05, 0) is 100.0 Å². The van der Waals surface area contributed by atoms with Crippen LogP contribution in [0.4, 0.5) is 0 Å². The van der Waals surface area contributed by atoms with Gasteiger partial charge in [0.2, 0.25) is 0 Å². The van der Waals surface area contributed by atoms with E-state index in [1.54, 1.807) is 12.1 Å². The van der Waals surface area contributed by atoms with Crippen LogP contribution in [0.15, 0.2) is 66.8 Å². The lowest BCUT2D eigenvalue weighted by atomic mass is 9.94. The fourth-order valence-electron chi connectivity index (χ4n) is 5.20. The van der Waals surface area contributed by atoms with Gasteiger partial charge >= 0.3 is 0 Å². The Morgan fingerprint density at radius 2 is 1.74 bits per heavy atom. The van der Waals surface area contributed by atoms with Crippen molar-refractivity contribution >= 4 is 11.7 Å². The first-order valence-corrected chi connectivity index (χ1v) is 14.9. The average molecular weight is 530 g/mol. The number of ketones is 1. The molecule has 1 saturated heterocycles. The minimum absolute atomic E-state index is 0.0390. The predicted molar refractivity (Wildman–Crippen MR) is 162 cm³/mol. The summed E-state index contributed by atoms with van der Waals surface area (Å²) >= 11 is 0. The Bertz CT molecular complexity index is 1120. The number of hydrogen-bond acceptors (Lipinski definition) is 3. The molecule has 39 heavy (non-hydrogen) atoms. The summed E-state index contributed by atoms with van der Waals surface area (Å²) in [6.45, 7) is 12.3. The second-order valence-corrected chi connectivity index (χ2v) is 10.8. The molecule has 0 aliphatic carbocycles. The Hall–Kier alpha value is -3.14. The van der Waals surface area contributed by atoms with Crippen molar-refractivity contribution in [2.75, 3.05) is 19.7 Å². The van der Waals surface area contributed by atoms with Gasteiger partial charge < -0.3 is 9.64 Å². The van der Waals surface area contributed by atoms with Gasteiger partial charge in [-0.1, -0.05) is 62.4 Å². The van der Waals surface area contributed by atoms with E-state index >= 15 is 0 Å². The molecule has 1 heterocycles. The minimum atomic E-state index is -0.0390. The quantitative estimate of drug-likeness (QED) is 0.140. The highest BCUT2D eigenvalue weighted by Crippen LogP contribution is 2.28. The molecule has 1 atom stereocenters. The van der Waals surface area contributed by atoms with Crippen LogP contribution in [0.3, 0.4) is 0 Å². The van der Waals surface area contributed by atoms with Gasteiger partial charge in [0.15, 0.2) is 5.78 Å². The van der Waals surface area contributed by atoms with Crippen molar-refractivity contribution in [2.45, 2.75) is 85.0 Å². The number of Topliss-reactive ketones (excluding diaryl/α,β-unsaturated/α-hetero) is 1. The molecule has 4 nitrogen and oxygen atoms in total. The molecule has 1 amide bonds. The zero-order valence-electron chi connectivity index (χ0n) is 24.3. The highest BCUT2D eigenvalue weighted by Gasteiger charge is 2.25. The summed E-state index contributed by atoms with van der Waals surface area (Å²) in [6, 6.07) is 14.2. The Labute approximate surface area is 236 Å². The smallest absolute Gasteiger partial charge is 0.257 e. The fourth-order valence-corrected chi connectivity index (χ4v) is 5.20. The van der Waals surface area contributed by atoms with Crippen LogP contribution in [0.2, 0.25) is 0 Å². The largest absolute Gasteiger partial charge is 0.493 e. The number of benzene rings is 2. The molecule has 0 bridgehead atoms. The Kier molecular flexibility index (Phi) is 12.5. The van der Waals surface area contributed by atoms with Crippen molar-refractivity contribution in [2.24, 2.45) is 5.92 Å². The Balaban J connectivity index is 1.63. The summed E-state index contributed by atoms with van der Waals surface area (Å²) in [6.07, 6.45) is 13.7. The summed E-state index contributed by atoms with van der Waals surface area (Å²) in [5.41, 5.74) is 4.94. The first-order chi connectivity index (χ1) is 18.9. The number of nitrogens with zero attached hydrogens (tertiary/aromatic N) is 1. The first-order valence-electron chi connectivity index (χ1n) is 14.9. The maximum atomic E-state index is 13.7. The van der Waals surface area contributed by atoms with Gasteiger partial charge in [0.1, 0.15) is 5.75 Å². The zero-order chi connectivity index (χ0) is 28.0. The van der Waals surface area contributed by atoms with E-state index in [1.807, 2.05) is 17.9 Å². The number of rotatable bonds is 14. The van der Waals surface area contributed by atoms with Gasteiger partial charge in [-0.15, -0.1) is 0 Å². The van der Waals surface area contributed by atoms with Crippen LogP contribution in [0.5, 0.6) is 5.75 Å². The average Bonchev–Trinajstić information content (AvgIpc) is 3.21. The van der Waals surface area contributed by atoms with Crippen molar-refractivity contribution in [1.29, 1.82) is 0 Å². The van der Waals surface area contributed by atoms with Crippen LogP contribution < -0.4 is 4.74 Å². The highest BCUT2D eigenvalue weighted by molar-refractivity contribution is 6.02. The topological polar surface area (TPSA) is 46.6 Å². The van der Waals surface area contributed by atoms with E-state index in [1.165, 1.54) is 16.7 Å². The molecule has 1 fully saturated rings. The van der Waals surface area contributed by atoms with E-state index in [2.05, 4.69) is 56.8 Å².